The fraction of sp³-hybridized carbons (Fsp3) is 0.167. The number of rotatable bonds is 6. The number of nitrogens with zero attached hydrogens (tertiary/aromatic N) is 4. The van der Waals surface area contributed by atoms with E-state index in [1.165, 1.54) is 0 Å². The van der Waals surface area contributed by atoms with Crippen molar-refractivity contribution in [3.63, 3.8) is 0 Å². The van der Waals surface area contributed by atoms with E-state index in [0.717, 1.165) is 22.5 Å². The summed E-state index contributed by atoms with van der Waals surface area (Å²) in [6.45, 7) is 6.01. The molecule has 1 N–H and O–H groups in total. The molecule has 2 heterocycles. The highest BCUT2D eigenvalue weighted by Crippen LogP contribution is 2.22. The van der Waals surface area contributed by atoms with E-state index in [4.69, 9.17) is 4.74 Å². The third-order valence-electron chi connectivity index (χ3n) is 5.06. The molecule has 0 atom stereocenters. The Morgan fingerprint density at radius 2 is 1.68 bits per heavy atom. The van der Waals surface area contributed by atoms with Crippen LogP contribution in [0.4, 0.5) is 5.69 Å². The van der Waals surface area contributed by atoms with Gasteiger partial charge in [0.1, 0.15) is 5.75 Å². The van der Waals surface area contributed by atoms with E-state index < -0.39 is 0 Å². The normalized spacial score (nSPS) is 10.7. The zero-order valence-electron chi connectivity index (χ0n) is 17.7. The average molecular weight is 413 g/mol. The number of anilines is 1. The summed E-state index contributed by atoms with van der Waals surface area (Å²) in [5, 5.41) is 15.7. The molecule has 2 aromatic heterocycles. The minimum atomic E-state index is -0.0688. The van der Waals surface area contributed by atoms with Gasteiger partial charge in [-0.15, -0.1) is 10.2 Å². The quantitative estimate of drug-likeness (QED) is 0.501. The molecule has 0 aliphatic heterocycles. The molecule has 1 amide bonds. The molecule has 7 heteroatoms. The molecule has 4 aromatic rings. The molecule has 0 radical (unpaired) electrons. The number of aryl methyl sites for hydroxylation is 1. The lowest BCUT2D eigenvalue weighted by molar-refractivity contribution is -0.115. The smallest absolute Gasteiger partial charge is 0.238 e. The molecule has 0 fully saturated rings. The summed E-state index contributed by atoms with van der Waals surface area (Å²) in [6, 6.07) is 20.3. The van der Waals surface area contributed by atoms with Crippen LogP contribution in [0.15, 0.2) is 66.7 Å². The van der Waals surface area contributed by atoms with Gasteiger partial charge in [-0.3, -0.25) is 4.79 Å². The van der Waals surface area contributed by atoms with Gasteiger partial charge in [-0.1, -0.05) is 30.3 Å². The van der Waals surface area contributed by atoms with Crippen molar-refractivity contribution in [3.05, 3.63) is 89.2 Å². The molecule has 0 spiro atoms. The molecule has 4 rings (SSSR count). The molecule has 0 saturated heterocycles. The van der Waals surface area contributed by atoms with Gasteiger partial charge in [0.25, 0.3) is 0 Å². The van der Waals surface area contributed by atoms with E-state index in [-0.39, 0.29) is 5.91 Å². The second-order valence-corrected chi connectivity index (χ2v) is 7.27. The van der Waals surface area contributed by atoms with Gasteiger partial charge >= 0.3 is 0 Å². The Balaban J connectivity index is 1.37. The number of amides is 1. The van der Waals surface area contributed by atoms with Crippen LogP contribution in [-0.4, -0.2) is 25.9 Å². The number of benzene rings is 2. The highest BCUT2D eigenvalue weighted by molar-refractivity contribution is 5.92. The Kier molecular flexibility index (Phi) is 5.75. The third kappa shape index (κ3) is 4.78. The first-order valence-corrected chi connectivity index (χ1v) is 9.98. The molecule has 0 saturated carbocycles. The number of nitrogens with one attached hydrogen (secondary N) is 1. The van der Waals surface area contributed by atoms with Gasteiger partial charge in [-0.2, -0.15) is 5.10 Å². The zero-order chi connectivity index (χ0) is 21.8. The van der Waals surface area contributed by atoms with Crippen molar-refractivity contribution in [2.75, 3.05) is 5.32 Å². The van der Waals surface area contributed by atoms with Crippen LogP contribution in [0.1, 0.15) is 22.5 Å². The number of carbonyl (C=O) groups is 1. The van der Waals surface area contributed by atoms with Gasteiger partial charge in [-0.05, 0) is 62.2 Å². The van der Waals surface area contributed by atoms with Crippen molar-refractivity contribution >= 4 is 11.6 Å². The lowest BCUT2D eigenvalue weighted by Gasteiger charge is -2.08. The van der Waals surface area contributed by atoms with Crippen molar-refractivity contribution in [2.45, 2.75) is 27.2 Å². The first-order chi connectivity index (χ1) is 15.0. The summed E-state index contributed by atoms with van der Waals surface area (Å²) < 4.78 is 7.54. The van der Waals surface area contributed by atoms with Gasteiger partial charge in [-0.25, -0.2) is 4.68 Å². The number of hydrogen-bond donors (Lipinski definition) is 1. The standard InChI is InChI=1S/C24H23N5O2/c1-16-17(2)28-29(18(16)3)22-13-14-24(27-26-22)31-21-11-9-20(10-12-21)25-23(30)15-19-7-5-4-6-8-19/h4-14H,15H2,1-3H3,(H,25,30). The molecule has 156 valence electrons. The van der Waals surface area contributed by atoms with Crippen molar-refractivity contribution in [1.82, 2.24) is 20.0 Å². The lowest BCUT2D eigenvalue weighted by atomic mass is 10.1. The minimum absolute atomic E-state index is 0.0688. The first-order valence-electron chi connectivity index (χ1n) is 9.98. The molecule has 31 heavy (non-hydrogen) atoms. The van der Waals surface area contributed by atoms with Gasteiger partial charge < -0.3 is 10.1 Å². The van der Waals surface area contributed by atoms with E-state index in [0.29, 0.717) is 29.6 Å². The van der Waals surface area contributed by atoms with Crippen LogP contribution in [0.2, 0.25) is 0 Å². The number of carbonyl (C=O) groups excluding carboxylic acids is 1. The van der Waals surface area contributed by atoms with Crippen LogP contribution < -0.4 is 10.1 Å². The Hall–Kier alpha value is -4.00. The van der Waals surface area contributed by atoms with Crippen LogP contribution in [0.25, 0.3) is 5.82 Å². The molecule has 2 aromatic carbocycles. The number of aromatic nitrogens is 4. The minimum Gasteiger partial charge on any atom is -0.438 e. The van der Waals surface area contributed by atoms with Crippen molar-refractivity contribution in [1.29, 1.82) is 0 Å². The summed E-state index contributed by atoms with van der Waals surface area (Å²) in [7, 11) is 0. The second-order valence-electron chi connectivity index (χ2n) is 7.27. The van der Waals surface area contributed by atoms with E-state index >= 15 is 0 Å². The molecule has 0 aliphatic carbocycles. The van der Waals surface area contributed by atoms with E-state index in [2.05, 4.69) is 20.6 Å². The summed E-state index contributed by atoms with van der Waals surface area (Å²) >= 11 is 0. The highest BCUT2D eigenvalue weighted by atomic mass is 16.5. The largest absolute Gasteiger partial charge is 0.438 e. The van der Waals surface area contributed by atoms with E-state index in [9.17, 15) is 4.79 Å². The Bertz CT molecular complexity index is 1180. The third-order valence-corrected chi connectivity index (χ3v) is 5.06. The molecule has 7 nitrogen and oxygen atoms in total. The van der Waals surface area contributed by atoms with Gasteiger partial charge in [0.2, 0.25) is 11.8 Å². The molecule has 0 aliphatic rings. The van der Waals surface area contributed by atoms with Gasteiger partial charge in [0.15, 0.2) is 5.82 Å². The fourth-order valence-corrected chi connectivity index (χ4v) is 3.14. The van der Waals surface area contributed by atoms with Crippen LogP contribution in [0.3, 0.4) is 0 Å². The van der Waals surface area contributed by atoms with Crippen molar-refractivity contribution < 1.29 is 9.53 Å². The maximum Gasteiger partial charge on any atom is 0.238 e. The lowest BCUT2D eigenvalue weighted by Crippen LogP contribution is -2.14. The molecular formula is C24H23N5O2. The first kappa shape index (κ1) is 20.3. The topological polar surface area (TPSA) is 81.9 Å². The molecule has 0 bridgehead atoms. The second kappa shape index (κ2) is 8.79. The van der Waals surface area contributed by atoms with E-state index in [1.807, 2.05) is 57.2 Å². The zero-order valence-corrected chi connectivity index (χ0v) is 17.7. The number of ether oxygens (including phenoxy) is 1. The van der Waals surface area contributed by atoms with Crippen molar-refractivity contribution in [2.24, 2.45) is 0 Å². The SMILES string of the molecule is Cc1nn(-c2ccc(Oc3ccc(NC(=O)Cc4ccccc4)cc3)nn2)c(C)c1C. The highest BCUT2D eigenvalue weighted by Gasteiger charge is 2.11. The van der Waals surface area contributed by atoms with Gasteiger partial charge in [0.05, 0.1) is 12.1 Å². The average Bonchev–Trinajstić information content (AvgIpc) is 3.03. The Morgan fingerprint density at radius 3 is 2.29 bits per heavy atom. The van der Waals surface area contributed by atoms with Gasteiger partial charge in [0, 0.05) is 17.4 Å². The molecular weight excluding hydrogens is 390 g/mol. The van der Waals surface area contributed by atoms with E-state index in [1.54, 1.807) is 35.0 Å². The maximum absolute atomic E-state index is 12.2. The summed E-state index contributed by atoms with van der Waals surface area (Å²) in [5.74, 6) is 1.55. The van der Waals surface area contributed by atoms with Crippen LogP contribution in [0.5, 0.6) is 11.6 Å². The van der Waals surface area contributed by atoms with Crippen molar-refractivity contribution in [3.8, 4) is 17.4 Å². The predicted molar refractivity (Wildman–Crippen MR) is 119 cm³/mol. The monoisotopic (exact) mass is 413 g/mol. The number of hydrogen-bond acceptors (Lipinski definition) is 5. The van der Waals surface area contributed by atoms with Crippen LogP contribution >= 0.6 is 0 Å². The maximum atomic E-state index is 12.2. The van der Waals surface area contributed by atoms with Crippen LogP contribution in [-0.2, 0) is 11.2 Å². The summed E-state index contributed by atoms with van der Waals surface area (Å²) in [4.78, 5) is 12.2. The Labute approximate surface area is 180 Å². The predicted octanol–water partition coefficient (Wildman–Crippen LogP) is 4.56. The summed E-state index contributed by atoms with van der Waals surface area (Å²) in [5.41, 5.74) is 4.81. The molecule has 0 unspecified atom stereocenters. The fourth-order valence-electron chi connectivity index (χ4n) is 3.14. The summed E-state index contributed by atoms with van der Waals surface area (Å²) in [6.07, 6.45) is 0.329. The Morgan fingerprint density at radius 1 is 0.935 bits per heavy atom. The van der Waals surface area contributed by atoms with Crippen LogP contribution in [0, 0.1) is 20.8 Å².